The Morgan fingerprint density at radius 1 is 1.24 bits per heavy atom. The third kappa shape index (κ3) is 5.16. The van der Waals surface area contributed by atoms with Crippen molar-refractivity contribution in [2.75, 3.05) is 13.1 Å². The monoisotopic (exact) mass is 338 g/mol. The van der Waals surface area contributed by atoms with Crippen LogP contribution in [0.25, 0.3) is 6.08 Å². The van der Waals surface area contributed by atoms with Gasteiger partial charge in [-0.15, -0.1) is 0 Å². The minimum atomic E-state index is -0.271. The molecule has 1 aliphatic heterocycles. The standard InChI is InChI=1S/C20H22N2O3/c23-18-9-12-22(13-10-18)20(24)8-5-16-3-6-19(7-4-16)25-15-17-2-1-11-21-14-17/h1-8,11,14,18,23H,9-10,12-13,15H2/b8-5+. The van der Waals surface area contributed by atoms with Crippen molar-refractivity contribution in [3.8, 4) is 5.75 Å². The molecule has 2 aromatic rings. The van der Waals surface area contributed by atoms with Gasteiger partial charge in [-0.1, -0.05) is 18.2 Å². The Morgan fingerprint density at radius 3 is 2.68 bits per heavy atom. The highest BCUT2D eigenvalue weighted by Gasteiger charge is 2.19. The van der Waals surface area contributed by atoms with Crippen LogP contribution < -0.4 is 4.74 Å². The molecule has 0 bridgehead atoms. The van der Waals surface area contributed by atoms with Crippen LogP contribution in [0.4, 0.5) is 0 Å². The van der Waals surface area contributed by atoms with Crippen LogP contribution in [0.2, 0.25) is 0 Å². The molecule has 25 heavy (non-hydrogen) atoms. The fraction of sp³-hybridized carbons (Fsp3) is 0.300. The third-order valence-electron chi connectivity index (χ3n) is 4.20. The number of amides is 1. The normalized spacial score (nSPS) is 15.5. The van der Waals surface area contributed by atoms with E-state index in [1.54, 1.807) is 29.4 Å². The number of carbonyl (C=O) groups excluding carboxylic acids is 1. The number of aliphatic hydroxyl groups is 1. The van der Waals surface area contributed by atoms with Gasteiger partial charge in [0.15, 0.2) is 0 Å². The predicted molar refractivity (Wildman–Crippen MR) is 95.9 cm³/mol. The summed E-state index contributed by atoms with van der Waals surface area (Å²) in [4.78, 5) is 18.0. The maximum Gasteiger partial charge on any atom is 0.246 e. The molecule has 0 radical (unpaired) electrons. The molecule has 5 nitrogen and oxygen atoms in total. The van der Waals surface area contributed by atoms with E-state index in [1.807, 2.05) is 36.4 Å². The Labute approximate surface area is 147 Å². The molecule has 0 aliphatic carbocycles. The molecule has 1 N–H and O–H groups in total. The van der Waals surface area contributed by atoms with Crippen molar-refractivity contribution < 1.29 is 14.6 Å². The van der Waals surface area contributed by atoms with Crippen LogP contribution in [0.5, 0.6) is 5.75 Å². The molecule has 130 valence electrons. The summed E-state index contributed by atoms with van der Waals surface area (Å²) >= 11 is 0. The van der Waals surface area contributed by atoms with Crippen molar-refractivity contribution in [1.82, 2.24) is 9.88 Å². The Morgan fingerprint density at radius 2 is 2.00 bits per heavy atom. The van der Waals surface area contributed by atoms with E-state index in [4.69, 9.17) is 4.74 Å². The topological polar surface area (TPSA) is 62.7 Å². The van der Waals surface area contributed by atoms with Gasteiger partial charge in [0.2, 0.25) is 5.91 Å². The lowest BCUT2D eigenvalue weighted by molar-refractivity contribution is -0.127. The van der Waals surface area contributed by atoms with E-state index < -0.39 is 0 Å². The van der Waals surface area contributed by atoms with Gasteiger partial charge >= 0.3 is 0 Å². The summed E-state index contributed by atoms with van der Waals surface area (Å²) in [5.74, 6) is 0.765. The number of hydrogen-bond donors (Lipinski definition) is 1. The Balaban J connectivity index is 1.51. The van der Waals surface area contributed by atoms with Crippen LogP contribution in [0.1, 0.15) is 24.0 Å². The first kappa shape index (κ1) is 17.2. The van der Waals surface area contributed by atoms with Crippen LogP contribution in [0, 0.1) is 0 Å². The first-order valence-electron chi connectivity index (χ1n) is 8.47. The molecule has 1 aliphatic rings. The smallest absolute Gasteiger partial charge is 0.246 e. The fourth-order valence-electron chi connectivity index (χ4n) is 2.68. The maximum atomic E-state index is 12.1. The largest absolute Gasteiger partial charge is 0.489 e. The summed E-state index contributed by atoms with van der Waals surface area (Å²) in [5.41, 5.74) is 1.96. The summed E-state index contributed by atoms with van der Waals surface area (Å²) in [6.07, 6.45) is 7.94. The molecule has 0 atom stereocenters. The highest BCUT2D eigenvalue weighted by atomic mass is 16.5. The molecule has 0 spiro atoms. The van der Waals surface area contributed by atoms with Gasteiger partial charge in [-0.2, -0.15) is 0 Å². The molecule has 1 aromatic heterocycles. The summed E-state index contributed by atoms with van der Waals surface area (Å²) in [7, 11) is 0. The lowest BCUT2D eigenvalue weighted by atomic mass is 10.1. The number of ether oxygens (including phenoxy) is 1. The van der Waals surface area contributed by atoms with Gasteiger partial charge in [0, 0.05) is 37.1 Å². The van der Waals surface area contributed by atoms with E-state index in [2.05, 4.69) is 4.98 Å². The summed E-state index contributed by atoms with van der Waals surface area (Å²) in [6.45, 7) is 1.71. The number of aliphatic hydroxyl groups excluding tert-OH is 1. The van der Waals surface area contributed by atoms with Crippen LogP contribution in [0.15, 0.2) is 54.9 Å². The van der Waals surface area contributed by atoms with Gasteiger partial charge in [0.1, 0.15) is 12.4 Å². The van der Waals surface area contributed by atoms with Crippen molar-refractivity contribution in [2.24, 2.45) is 0 Å². The number of pyridine rings is 1. The molecular formula is C20H22N2O3. The Hall–Kier alpha value is -2.66. The fourth-order valence-corrected chi connectivity index (χ4v) is 2.68. The summed E-state index contributed by atoms with van der Waals surface area (Å²) in [6, 6.07) is 11.5. The number of likely N-dealkylation sites (tertiary alicyclic amines) is 1. The van der Waals surface area contributed by atoms with Crippen LogP contribution >= 0.6 is 0 Å². The second kappa shape index (κ2) is 8.44. The summed E-state index contributed by atoms with van der Waals surface area (Å²) < 4.78 is 5.71. The number of nitrogens with zero attached hydrogens (tertiary/aromatic N) is 2. The van der Waals surface area contributed by atoms with E-state index in [1.165, 1.54) is 0 Å². The van der Waals surface area contributed by atoms with E-state index in [0.29, 0.717) is 32.5 Å². The van der Waals surface area contributed by atoms with E-state index in [9.17, 15) is 9.90 Å². The first-order chi connectivity index (χ1) is 12.2. The SMILES string of the molecule is O=C(/C=C/c1ccc(OCc2cccnc2)cc1)N1CCC(O)CC1. The number of rotatable bonds is 5. The molecule has 1 saturated heterocycles. The zero-order chi connectivity index (χ0) is 17.5. The lowest BCUT2D eigenvalue weighted by Crippen LogP contribution is -2.39. The van der Waals surface area contributed by atoms with E-state index >= 15 is 0 Å². The van der Waals surface area contributed by atoms with Crippen molar-refractivity contribution in [1.29, 1.82) is 0 Å². The molecule has 2 heterocycles. The zero-order valence-electron chi connectivity index (χ0n) is 14.0. The van der Waals surface area contributed by atoms with Crippen molar-refractivity contribution >= 4 is 12.0 Å². The number of piperidine rings is 1. The second-order valence-electron chi connectivity index (χ2n) is 6.11. The van der Waals surface area contributed by atoms with Gasteiger partial charge in [0.25, 0.3) is 0 Å². The molecule has 1 fully saturated rings. The third-order valence-corrected chi connectivity index (χ3v) is 4.20. The predicted octanol–water partition coefficient (Wildman–Crippen LogP) is 2.66. The number of aromatic nitrogens is 1. The van der Waals surface area contributed by atoms with Crippen LogP contribution in [-0.2, 0) is 11.4 Å². The highest BCUT2D eigenvalue weighted by molar-refractivity contribution is 5.91. The van der Waals surface area contributed by atoms with Crippen LogP contribution in [-0.4, -0.2) is 40.1 Å². The number of carbonyl (C=O) groups is 1. The van der Waals surface area contributed by atoms with Gasteiger partial charge in [-0.3, -0.25) is 9.78 Å². The number of hydrogen-bond acceptors (Lipinski definition) is 4. The maximum absolute atomic E-state index is 12.1. The average molecular weight is 338 g/mol. The minimum absolute atomic E-state index is 0.0104. The molecule has 0 unspecified atom stereocenters. The minimum Gasteiger partial charge on any atom is -0.489 e. The van der Waals surface area contributed by atoms with Gasteiger partial charge < -0.3 is 14.7 Å². The molecule has 1 amide bonds. The Kier molecular flexibility index (Phi) is 5.80. The van der Waals surface area contributed by atoms with Gasteiger partial charge in [0.05, 0.1) is 6.10 Å². The van der Waals surface area contributed by atoms with Gasteiger partial charge in [-0.05, 0) is 42.7 Å². The molecule has 5 heteroatoms. The van der Waals surface area contributed by atoms with E-state index in [0.717, 1.165) is 16.9 Å². The van der Waals surface area contributed by atoms with Crippen molar-refractivity contribution in [3.05, 3.63) is 66.0 Å². The van der Waals surface area contributed by atoms with Crippen LogP contribution in [0.3, 0.4) is 0 Å². The first-order valence-corrected chi connectivity index (χ1v) is 8.47. The molecule has 0 saturated carbocycles. The molecule has 3 rings (SSSR count). The van der Waals surface area contributed by atoms with E-state index in [-0.39, 0.29) is 12.0 Å². The van der Waals surface area contributed by atoms with Gasteiger partial charge in [-0.25, -0.2) is 0 Å². The molecular weight excluding hydrogens is 316 g/mol. The molecule has 1 aromatic carbocycles. The Bertz CT molecular complexity index is 705. The quantitative estimate of drug-likeness (QED) is 0.852. The highest BCUT2D eigenvalue weighted by Crippen LogP contribution is 2.15. The van der Waals surface area contributed by atoms with Crippen molar-refractivity contribution in [2.45, 2.75) is 25.6 Å². The lowest BCUT2D eigenvalue weighted by Gasteiger charge is -2.28. The second-order valence-corrected chi connectivity index (χ2v) is 6.11. The zero-order valence-corrected chi connectivity index (χ0v) is 14.0. The number of benzene rings is 1. The summed E-state index contributed by atoms with van der Waals surface area (Å²) in [5, 5.41) is 9.49. The average Bonchev–Trinajstić information content (AvgIpc) is 2.67. The van der Waals surface area contributed by atoms with Crippen molar-refractivity contribution in [3.63, 3.8) is 0 Å².